The van der Waals surface area contributed by atoms with Crippen molar-refractivity contribution in [3.05, 3.63) is 23.3 Å². The molecule has 1 aromatic rings. The molecule has 0 spiro atoms. The summed E-state index contributed by atoms with van der Waals surface area (Å²) in [6, 6.07) is 4.21. The number of nitrogens with two attached hydrogens (primary N) is 1. The molecule has 102 valence electrons. The van der Waals surface area contributed by atoms with Gasteiger partial charge in [0.2, 0.25) is 0 Å². The van der Waals surface area contributed by atoms with Crippen molar-refractivity contribution in [2.45, 2.75) is 45.6 Å². The van der Waals surface area contributed by atoms with Crippen LogP contribution in [0.4, 0.5) is 0 Å². The van der Waals surface area contributed by atoms with Gasteiger partial charge < -0.3 is 15.2 Å². The van der Waals surface area contributed by atoms with E-state index in [-0.39, 0.29) is 5.54 Å². The summed E-state index contributed by atoms with van der Waals surface area (Å²) in [5.74, 6) is 2.02. The van der Waals surface area contributed by atoms with Crippen molar-refractivity contribution in [1.82, 2.24) is 0 Å². The van der Waals surface area contributed by atoms with Crippen LogP contribution in [0.5, 0.6) is 11.5 Å². The Morgan fingerprint density at radius 3 is 2.17 bits per heavy atom. The van der Waals surface area contributed by atoms with Crippen LogP contribution in [-0.2, 0) is 6.42 Å². The molecule has 0 aliphatic rings. The molecule has 0 fully saturated rings. The highest BCUT2D eigenvalue weighted by Gasteiger charge is 2.19. The van der Waals surface area contributed by atoms with Gasteiger partial charge in [0.1, 0.15) is 0 Å². The summed E-state index contributed by atoms with van der Waals surface area (Å²) in [7, 11) is 3.33. The molecular weight excluding hydrogens is 226 g/mol. The van der Waals surface area contributed by atoms with Crippen molar-refractivity contribution < 1.29 is 9.47 Å². The van der Waals surface area contributed by atoms with Gasteiger partial charge in [0.25, 0.3) is 0 Å². The van der Waals surface area contributed by atoms with Gasteiger partial charge in [-0.2, -0.15) is 0 Å². The number of hydrogen-bond donors (Lipinski definition) is 1. The van der Waals surface area contributed by atoms with Crippen LogP contribution in [0.3, 0.4) is 0 Å². The van der Waals surface area contributed by atoms with Crippen molar-refractivity contribution in [2.75, 3.05) is 14.2 Å². The Kier molecular flexibility index (Phi) is 4.63. The summed E-state index contributed by atoms with van der Waals surface area (Å²) in [6.07, 6.45) is 0.757. The van der Waals surface area contributed by atoms with Crippen molar-refractivity contribution in [3.8, 4) is 11.5 Å². The Balaban J connectivity index is 3.31. The fourth-order valence-electron chi connectivity index (χ4n) is 2.02. The van der Waals surface area contributed by atoms with E-state index in [1.807, 2.05) is 19.9 Å². The van der Waals surface area contributed by atoms with Gasteiger partial charge in [0.15, 0.2) is 11.5 Å². The molecule has 2 N–H and O–H groups in total. The summed E-state index contributed by atoms with van der Waals surface area (Å²) in [5, 5.41) is 0. The van der Waals surface area contributed by atoms with Crippen LogP contribution < -0.4 is 15.2 Å². The van der Waals surface area contributed by atoms with Crippen LogP contribution in [0.1, 0.15) is 44.7 Å². The zero-order valence-corrected chi connectivity index (χ0v) is 12.3. The van der Waals surface area contributed by atoms with Crippen molar-refractivity contribution in [3.63, 3.8) is 0 Å². The maximum absolute atomic E-state index is 6.11. The third-order valence-corrected chi connectivity index (χ3v) is 2.89. The lowest BCUT2D eigenvalue weighted by atomic mass is 9.91. The SMILES string of the molecule is COc1cc(C(C)C)cc(CC(C)(C)N)c1OC. The molecule has 0 aliphatic carbocycles. The predicted molar refractivity (Wildman–Crippen MR) is 75.6 cm³/mol. The van der Waals surface area contributed by atoms with E-state index in [0.29, 0.717) is 5.92 Å². The van der Waals surface area contributed by atoms with E-state index in [9.17, 15) is 0 Å². The molecule has 3 heteroatoms. The average Bonchev–Trinajstić information content (AvgIpc) is 2.25. The monoisotopic (exact) mass is 251 g/mol. The molecule has 0 radical (unpaired) electrons. The Morgan fingerprint density at radius 1 is 1.17 bits per heavy atom. The zero-order chi connectivity index (χ0) is 13.9. The lowest BCUT2D eigenvalue weighted by Crippen LogP contribution is -2.34. The smallest absolute Gasteiger partial charge is 0.163 e. The first-order chi connectivity index (χ1) is 8.28. The molecule has 0 saturated carbocycles. The lowest BCUT2D eigenvalue weighted by molar-refractivity contribution is 0.348. The van der Waals surface area contributed by atoms with Crippen molar-refractivity contribution in [1.29, 1.82) is 0 Å². The number of methoxy groups -OCH3 is 2. The van der Waals surface area contributed by atoms with Gasteiger partial charge in [-0.05, 0) is 37.8 Å². The van der Waals surface area contributed by atoms with Gasteiger partial charge in [-0.25, -0.2) is 0 Å². The molecule has 0 atom stereocenters. The van der Waals surface area contributed by atoms with E-state index in [2.05, 4.69) is 19.9 Å². The topological polar surface area (TPSA) is 44.5 Å². The molecule has 1 aromatic carbocycles. The second-order valence-electron chi connectivity index (χ2n) is 5.74. The summed E-state index contributed by atoms with van der Waals surface area (Å²) >= 11 is 0. The summed E-state index contributed by atoms with van der Waals surface area (Å²) < 4.78 is 10.9. The summed E-state index contributed by atoms with van der Waals surface area (Å²) in [4.78, 5) is 0. The standard InChI is InChI=1S/C15H25NO2/c1-10(2)11-7-12(9-15(3,4)16)14(18-6)13(8-11)17-5/h7-8,10H,9,16H2,1-6H3. The number of ether oxygens (including phenoxy) is 2. The van der Waals surface area contributed by atoms with Crippen molar-refractivity contribution >= 4 is 0 Å². The first-order valence-electron chi connectivity index (χ1n) is 6.32. The van der Waals surface area contributed by atoms with Crippen LogP contribution in [0.25, 0.3) is 0 Å². The molecule has 1 rings (SSSR count). The summed E-state index contributed by atoms with van der Waals surface area (Å²) in [6.45, 7) is 8.36. The fraction of sp³-hybridized carbons (Fsp3) is 0.600. The Morgan fingerprint density at radius 2 is 1.78 bits per heavy atom. The highest BCUT2D eigenvalue weighted by molar-refractivity contribution is 5.50. The van der Waals surface area contributed by atoms with E-state index in [1.165, 1.54) is 5.56 Å². The zero-order valence-electron chi connectivity index (χ0n) is 12.3. The Bertz CT molecular complexity index is 406. The molecule has 0 bridgehead atoms. The molecule has 3 nitrogen and oxygen atoms in total. The molecular formula is C15H25NO2. The number of rotatable bonds is 5. The third-order valence-electron chi connectivity index (χ3n) is 2.89. The van der Waals surface area contributed by atoms with Gasteiger partial charge in [-0.1, -0.05) is 19.9 Å². The minimum Gasteiger partial charge on any atom is -0.493 e. The molecule has 0 amide bonds. The summed E-state index contributed by atoms with van der Waals surface area (Å²) in [5.41, 5.74) is 8.19. The van der Waals surface area contributed by atoms with Gasteiger partial charge in [0, 0.05) is 11.1 Å². The molecule has 0 unspecified atom stereocenters. The normalized spacial score (nSPS) is 11.8. The quantitative estimate of drug-likeness (QED) is 0.874. The van der Waals surface area contributed by atoms with Crippen LogP contribution in [0.15, 0.2) is 12.1 Å². The predicted octanol–water partition coefficient (Wildman–Crippen LogP) is 3.11. The van der Waals surface area contributed by atoms with E-state index >= 15 is 0 Å². The first kappa shape index (κ1) is 14.8. The van der Waals surface area contributed by atoms with E-state index in [0.717, 1.165) is 23.5 Å². The molecule has 0 heterocycles. The fourth-order valence-corrected chi connectivity index (χ4v) is 2.02. The van der Waals surface area contributed by atoms with E-state index < -0.39 is 0 Å². The van der Waals surface area contributed by atoms with Crippen LogP contribution in [0, 0.1) is 0 Å². The van der Waals surface area contributed by atoms with Crippen LogP contribution in [0.2, 0.25) is 0 Å². The van der Waals surface area contributed by atoms with E-state index in [4.69, 9.17) is 15.2 Å². The van der Waals surface area contributed by atoms with Gasteiger partial charge in [-0.15, -0.1) is 0 Å². The third kappa shape index (κ3) is 3.64. The van der Waals surface area contributed by atoms with E-state index in [1.54, 1.807) is 14.2 Å². The van der Waals surface area contributed by atoms with Crippen LogP contribution in [-0.4, -0.2) is 19.8 Å². The highest BCUT2D eigenvalue weighted by atomic mass is 16.5. The van der Waals surface area contributed by atoms with Gasteiger partial charge in [-0.3, -0.25) is 0 Å². The second kappa shape index (κ2) is 5.61. The molecule has 0 saturated heterocycles. The maximum atomic E-state index is 6.11. The Hall–Kier alpha value is -1.22. The van der Waals surface area contributed by atoms with Gasteiger partial charge >= 0.3 is 0 Å². The Labute approximate surface area is 110 Å². The second-order valence-corrected chi connectivity index (χ2v) is 5.74. The minimum atomic E-state index is -0.270. The highest BCUT2D eigenvalue weighted by Crippen LogP contribution is 2.36. The largest absolute Gasteiger partial charge is 0.493 e. The molecule has 0 aromatic heterocycles. The first-order valence-corrected chi connectivity index (χ1v) is 6.32. The lowest BCUT2D eigenvalue weighted by Gasteiger charge is -2.22. The van der Waals surface area contributed by atoms with Crippen molar-refractivity contribution in [2.24, 2.45) is 5.73 Å². The molecule has 0 aliphatic heterocycles. The number of benzene rings is 1. The average molecular weight is 251 g/mol. The minimum absolute atomic E-state index is 0.270. The van der Waals surface area contributed by atoms with Gasteiger partial charge in [0.05, 0.1) is 14.2 Å². The maximum Gasteiger partial charge on any atom is 0.163 e. The van der Waals surface area contributed by atoms with Crippen LogP contribution >= 0.6 is 0 Å². The number of hydrogen-bond acceptors (Lipinski definition) is 3. The molecule has 18 heavy (non-hydrogen) atoms.